The van der Waals surface area contributed by atoms with Gasteiger partial charge >= 0.3 is 5.97 Å². The van der Waals surface area contributed by atoms with Crippen LogP contribution in [-0.2, 0) is 19.1 Å². The number of amides is 1. The first kappa shape index (κ1) is 24.6. The highest BCUT2D eigenvalue weighted by molar-refractivity contribution is 9.09. The average Bonchev–Trinajstić information content (AvgIpc) is 3.49. The monoisotopic (exact) mass is 473 g/mol. The molecule has 6 heteroatoms. The second kappa shape index (κ2) is 14.4. The highest BCUT2D eigenvalue weighted by Crippen LogP contribution is 2.32. The minimum atomic E-state index is -0.791. The van der Waals surface area contributed by atoms with E-state index in [0.717, 1.165) is 63.1 Å². The predicted molar refractivity (Wildman–Crippen MR) is 119 cm³/mol. The van der Waals surface area contributed by atoms with E-state index in [4.69, 9.17) is 9.47 Å². The third kappa shape index (κ3) is 9.82. The van der Waals surface area contributed by atoms with Crippen LogP contribution in [0.25, 0.3) is 0 Å². The summed E-state index contributed by atoms with van der Waals surface area (Å²) in [4.78, 5) is 25.2. The second-order valence-corrected chi connectivity index (χ2v) is 9.39. The molecule has 1 unspecified atom stereocenters. The predicted octanol–water partition coefficient (Wildman–Crippen LogP) is 5.43. The molecule has 5 nitrogen and oxygen atoms in total. The molecular formula is C23H40BrNO4. The van der Waals surface area contributed by atoms with Gasteiger partial charge in [0.2, 0.25) is 6.10 Å². The summed E-state index contributed by atoms with van der Waals surface area (Å²) in [5.74, 6) is -0.440. The van der Waals surface area contributed by atoms with Gasteiger partial charge in [-0.15, -0.1) is 0 Å². The van der Waals surface area contributed by atoms with Crippen LogP contribution in [0.4, 0.5) is 0 Å². The summed E-state index contributed by atoms with van der Waals surface area (Å²) >= 11 is 3.41. The van der Waals surface area contributed by atoms with Gasteiger partial charge in [-0.25, -0.2) is 0 Å². The van der Waals surface area contributed by atoms with E-state index < -0.39 is 6.10 Å². The molecule has 3 atom stereocenters. The summed E-state index contributed by atoms with van der Waals surface area (Å²) in [5, 5.41) is 4.07. The third-order valence-corrected chi connectivity index (χ3v) is 6.56. The second-order valence-electron chi connectivity index (χ2n) is 8.60. The number of carbonyl (C=O) groups excluding carboxylic acids is 2. The van der Waals surface area contributed by atoms with Crippen LogP contribution in [0, 0.1) is 0 Å². The van der Waals surface area contributed by atoms with Crippen molar-refractivity contribution in [3.8, 4) is 0 Å². The fraction of sp³-hybridized carbons (Fsp3) is 0.913. The van der Waals surface area contributed by atoms with E-state index in [-0.39, 0.29) is 30.1 Å². The first-order valence-corrected chi connectivity index (χ1v) is 13.0. The van der Waals surface area contributed by atoms with Gasteiger partial charge in [-0.3, -0.25) is 9.59 Å². The summed E-state index contributed by atoms with van der Waals surface area (Å²) in [6, 6.07) is 0.211. The van der Waals surface area contributed by atoms with E-state index in [2.05, 4.69) is 28.2 Å². The fourth-order valence-corrected chi connectivity index (χ4v) is 4.54. The quantitative estimate of drug-likeness (QED) is 0.149. The number of ether oxygens (including phenoxy) is 2. The summed E-state index contributed by atoms with van der Waals surface area (Å²) in [6.45, 7) is 2.21. The van der Waals surface area contributed by atoms with Crippen molar-refractivity contribution in [2.24, 2.45) is 0 Å². The molecule has 1 saturated heterocycles. The zero-order chi connectivity index (χ0) is 20.9. The molecule has 1 aliphatic heterocycles. The molecule has 2 aliphatic rings. The molecule has 1 N–H and O–H groups in total. The zero-order valence-electron chi connectivity index (χ0n) is 18.1. The van der Waals surface area contributed by atoms with Gasteiger partial charge in [0.15, 0.2) is 0 Å². The van der Waals surface area contributed by atoms with E-state index in [0.29, 0.717) is 6.42 Å². The number of carbonyl (C=O) groups is 2. The van der Waals surface area contributed by atoms with Crippen molar-refractivity contribution in [1.82, 2.24) is 5.32 Å². The number of hydrogen-bond acceptors (Lipinski definition) is 4. The molecule has 168 valence electrons. The van der Waals surface area contributed by atoms with Crippen molar-refractivity contribution in [3.63, 3.8) is 0 Å². The molecule has 0 radical (unpaired) electrons. The molecule has 1 aliphatic carbocycles. The van der Waals surface area contributed by atoms with Crippen LogP contribution >= 0.6 is 15.9 Å². The summed E-state index contributed by atoms with van der Waals surface area (Å²) < 4.78 is 11.4. The van der Waals surface area contributed by atoms with E-state index in [1.54, 1.807) is 0 Å². The lowest BCUT2D eigenvalue weighted by molar-refractivity contribution is -0.157. The smallest absolute Gasteiger partial charge is 0.306 e. The van der Waals surface area contributed by atoms with Crippen molar-refractivity contribution in [2.45, 2.75) is 128 Å². The number of esters is 1. The average molecular weight is 474 g/mol. The number of hydrogen-bond donors (Lipinski definition) is 1. The SMILES string of the molecule is CCCCCCC[C@H]1O[C@@H]1C(OC(=O)CCCCCBr)C(=O)NC1CCCCC1. The van der Waals surface area contributed by atoms with Gasteiger partial charge in [0.25, 0.3) is 5.91 Å². The van der Waals surface area contributed by atoms with Crippen molar-refractivity contribution in [3.05, 3.63) is 0 Å². The van der Waals surface area contributed by atoms with Gasteiger partial charge < -0.3 is 14.8 Å². The topological polar surface area (TPSA) is 67.9 Å². The molecule has 1 amide bonds. The molecule has 2 fully saturated rings. The molecule has 0 aromatic carbocycles. The number of unbranched alkanes of at least 4 members (excludes halogenated alkanes) is 6. The van der Waals surface area contributed by atoms with Crippen molar-refractivity contribution in [1.29, 1.82) is 0 Å². The highest BCUT2D eigenvalue weighted by Gasteiger charge is 2.50. The Balaban J connectivity index is 1.80. The molecule has 0 bridgehead atoms. The zero-order valence-corrected chi connectivity index (χ0v) is 19.7. The van der Waals surface area contributed by atoms with Gasteiger partial charge in [0, 0.05) is 17.8 Å². The Morgan fingerprint density at radius 1 is 1.03 bits per heavy atom. The van der Waals surface area contributed by atoms with Gasteiger partial charge in [-0.2, -0.15) is 0 Å². The molecule has 0 spiro atoms. The van der Waals surface area contributed by atoms with Crippen LogP contribution < -0.4 is 5.32 Å². The van der Waals surface area contributed by atoms with E-state index in [9.17, 15) is 9.59 Å². The minimum absolute atomic E-state index is 0.0555. The molecular weight excluding hydrogens is 434 g/mol. The van der Waals surface area contributed by atoms with E-state index >= 15 is 0 Å². The molecule has 2 rings (SSSR count). The van der Waals surface area contributed by atoms with Crippen LogP contribution in [0.1, 0.15) is 103 Å². The Bertz CT molecular complexity index is 481. The van der Waals surface area contributed by atoms with Crippen LogP contribution in [0.2, 0.25) is 0 Å². The Hall–Kier alpha value is -0.620. The van der Waals surface area contributed by atoms with Crippen LogP contribution in [0.15, 0.2) is 0 Å². The maximum absolute atomic E-state index is 12.9. The molecule has 1 heterocycles. The van der Waals surface area contributed by atoms with Gasteiger partial charge in [0.05, 0.1) is 6.10 Å². The molecule has 1 saturated carbocycles. The van der Waals surface area contributed by atoms with Crippen LogP contribution in [-0.4, -0.2) is 41.6 Å². The maximum Gasteiger partial charge on any atom is 0.306 e. The van der Waals surface area contributed by atoms with Crippen molar-refractivity contribution >= 4 is 27.8 Å². The third-order valence-electron chi connectivity index (χ3n) is 6.00. The van der Waals surface area contributed by atoms with E-state index in [1.165, 1.54) is 32.1 Å². The Morgan fingerprint density at radius 3 is 2.48 bits per heavy atom. The van der Waals surface area contributed by atoms with Gasteiger partial charge in [0.1, 0.15) is 6.10 Å². The highest BCUT2D eigenvalue weighted by atomic mass is 79.9. The number of halogens is 1. The van der Waals surface area contributed by atoms with Crippen LogP contribution in [0.5, 0.6) is 0 Å². The Labute approximate surface area is 185 Å². The van der Waals surface area contributed by atoms with Crippen molar-refractivity contribution in [2.75, 3.05) is 5.33 Å². The van der Waals surface area contributed by atoms with Gasteiger partial charge in [-0.1, -0.05) is 80.6 Å². The Kier molecular flexibility index (Phi) is 12.2. The van der Waals surface area contributed by atoms with Crippen molar-refractivity contribution < 1.29 is 19.1 Å². The first-order chi connectivity index (χ1) is 14.2. The lowest BCUT2D eigenvalue weighted by atomic mass is 9.95. The lowest BCUT2D eigenvalue weighted by Crippen LogP contribution is -2.46. The van der Waals surface area contributed by atoms with Gasteiger partial charge in [-0.05, 0) is 32.1 Å². The molecule has 29 heavy (non-hydrogen) atoms. The maximum atomic E-state index is 12.9. The standard InChI is InChI=1S/C23H40BrNO4/c1-2-3-4-5-10-15-19-21(28-19)22(29-20(26)16-11-7-12-17-24)23(27)25-18-13-8-6-9-14-18/h18-19,21-22H,2-17H2,1H3,(H,25,27)/t19-,21+,22?/m1/s1. The van der Waals surface area contributed by atoms with E-state index in [1.807, 2.05) is 0 Å². The number of alkyl halides is 1. The number of rotatable bonds is 15. The Morgan fingerprint density at radius 2 is 1.76 bits per heavy atom. The summed E-state index contributed by atoms with van der Waals surface area (Å²) in [6.07, 6.45) is 14.8. The molecule has 0 aromatic rings. The van der Waals surface area contributed by atoms with Crippen LogP contribution in [0.3, 0.4) is 0 Å². The number of epoxide rings is 1. The normalized spacial score (nSPS) is 22.8. The minimum Gasteiger partial charge on any atom is -0.449 e. The summed E-state index contributed by atoms with van der Waals surface area (Å²) in [7, 11) is 0. The largest absolute Gasteiger partial charge is 0.449 e. The lowest BCUT2D eigenvalue weighted by Gasteiger charge is -2.25. The summed E-state index contributed by atoms with van der Waals surface area (Å²) in [5.41, 5.74) is 0. The fourth-order valence-electron chi connectivity index (χ4n) is 4.15. The number of nitrogens with one attached hydrogen (secondary N) is 1. The molecule has 0 aromatic heterocycles. The first-order valence-electron chi connectivity index (χ1n) is 11.9.